The van der Waals surface area contributed by atoms with E-state index >= 15 is 0 Å². The molecular weight excluding hydrogens is 296 g/mol. The maximum atomic E-state index is 11.5. The number of hydrogen-bond acceptors (Lipinski definition) is 6. The van der Waals surface area contributed by atoms with Gasteiger partial charge in [-0.1, -0.05) is 0 Å². The zero-order valence-electron chi connectivity index (χ0n) is 11.0. The number of sulfone groups is 1. The second kappa shape index (κ2) is 5.69. The summed E-state index contributed by atoms with van der Waals surface area (Å²) in [6.07, 6.45) is 2.71. The molecule has 0 aromatic carbocycles. The van der Waals surface area contributed by atoms with E-state index < -0.39 is 9.84 Å². The summed E-state index contributed by atoms with van der Waals surface area (Å²) in [5.41, 5.74) is 0.351. The minimum Gasteiger partial charge on any atom is -0.464 e. The summed E-state index contributed by atoms with van der Waals surface area (Å²) in [6, 6.07) is 7.09. The first-order valence-corrected chi connectivity index (χ1v) is 8.57. The quantitative estimate of drug-likeness (QED) is 0.807. The van der Waals surface area contributed by atoms with Crippen LogP contribution >= 0.6 is 11.8 Å². The lowest BCUT2D eigenvalue weighted by molar-refractivity contribution is 0.493. The SMILES string of the molecule is Cc1oc(CSc2cccnc2C#N)cc1S(C)(=O)=O. The number of aromatic nitrogens is 1. The molecule has 5 nitrogen and oxygen atoms in total. The smallest absolute Gasteiger partial charge is 0.178 e. The fourth-order valence-corrected chi connectivity index (χ4v) is 3.46. The number of rotatable bonds is 4. The van der Waals surface area contributed by atoms with Gasteiger partial charge in [-0.05, 0) is 25.1 Å². The fourth-order valence-electron chi connectivity index (χ4n) is 1.70. The lowest BCUT2D eigenvalue weighted by atomic mass is 10.4. The third kappa shape index (κ3) is 3.21. The molecule has 0 aliphatic carbocycles. The highest BCUT2D eigenvalue weighted by molar-refractivity contribution is 7.98. The van der Waals surface area contributed by atoms with Gasteiger partial charge < -0.3 is 4.42 Å². The summed E-state index contributed by atoms with van der Waals surface area (Å²) in [7, 11) is -3.28. The van der Waals surface area contributed by atoms with Gasteiger partial charge in [0, 0.05) is 17.3 Å². The summed E-state index contributed by atoms with van der Waals surface area (Å²) in [6.45, 7) is 1.62. The molecule has 0 saturated heterocycles. The first-order chi connectivity index (χ1) is 9.41. The van der Waals surface area contributed by atoms with E-state index in [2.05, 4.69) is 4.98 Å². The maximum Gasteiger partial charge on any atom is 0.178 e. The van der Waals surface area contributed by atoms with Gasteiger partial charge in [-0.2, -0.15) is 5.26 Å². The summed E-state index contributed by atoms with van der Waals surface area (Å²) < 4.78 is 28.5. The van der Waals surface area contributed by atoms with Gasteiger partial charge in [0.2, 0.25) is 0 Å². The van der Waals surface area contributed by atoms with Gasteiger partial charge in [-0.15, -0.1) is 11.8 Å². The van der Waals surface area contributed by atoms with Crippen LogP contribution in [0.15, 0.2) is 38.6 Å². The molecule has 104 valence electrons. The summed E-state index contributed by atoms with van der Waals surface area (Å²) >= 11 is 1.38. The lowest BCUT2D eigenvalue weighted by Gasteiger charge is -2.00. The molecule has 0 amide bonds. The van der Waals surface area contributed by atoms with Crippen LogP contribution in [0.4, 0.5) is 0 Å². The van der Waals surface area contributed by atoms with Gasteiger partial charge in [0.15, 0.2) is 15.5 Å². The van der Waals surface area contributed by atoms with Crippen molar-refractivity contribution in [1.29, 1.82) is 5.26 Å². The van der Waals surface area contributed by atoms with Crippen molar-refractivity contribution >= 4 is 21.6 Å². The van der Waals surface area contributed by atoms with E-state index in [-0.39, 0.29) is 4.90 Å². The Balaban J connectivity index is 2.19. The van der Waals surface area contributed by atoms with E-state index in [9.17, 15) is 8.42 Å². The lowest BCUT2D eigenvalue weighted by Crippen LogP contribution is -1.96. The molecule has 2 rings (SSSR count). The Morgan fingerprint density at radius 2 is 2.25 bits per heavy atom. The Hall–Kier alpha value is -1.78. The predicted molar refractivity (Wildman–Crippen MR) is 75.1 cm³/mol. The van der Waals surface area contributed by atoms with Crippen molar-refractivity contribution in [2.45, 2.75) is 22.5 Å². The van der Waals surface area contributed by atoms with Crippen LogP contribution in [0.2, 0.25) is 0 Å². The number of nitriles is 1. The maximum absolute atomic E-state index is 11.5. The highest BCUT2D eigenvalue weighted by Gasteiger charge is 2.17. The first kappa shape index (κ1) is 14.6. The molecule has 0 atom stereocenters. The van der Waals surface area contributed by atoms with Crippen molar-refractivity contribution in [1.82, 2.24) is 4.98 Å². The van der Waals surface area contributed by atoms with Crippen LogP contribution in [-0.4, -0.2) is 19.7 Å². The number of furan rings is 1. The number of aryl methyl sites for hydroxylation is 1. The highest BCUT2D eigenvalue weighted by atomic mass is 32.2. The molecule has 0 spiro atoms. The molecule has 0 fully saturated rings. The van der Waals surface area contributed by atoms with Crippen LogP contribution in [0.1, 0.15) is 17.2 Å². The average molecular weight is 308 g/mol. The molecule has 0 bridgehead atoms. The Kier molecular flexibility index (Phi) is 4.16. The minimum absolute atomic E-state index is 0.208. The zero-order valence-corrected chi connectivity index (χ0v) is 12.6. The molecule has 0 N–H and O–H groups in total. The van der Waals surface area contributed by atoms with Crippen molar-refractivity contribution in [3.8, 4) is 6.07 Å². The average Bonchev–Trinajstić information content (AvgIpc) is 2.78. The third-order valence-corrected chi connectivity index (χ3v) is 4.84. The van der Waals surface area contributed by atoms with Crippen LogP contribution in [0.5, 0.6) is 0 Å². The number of pyridine rings is 1. The van der Waals surface area contributed by atoms with Crippen molar-refractivity contribution in [2.24, 2.45) is 0 Å². The molecule has 2 heterocycles. The molecule has 0 aliphatic heterocycles. The normalized spacial score (nSPS) is 11.2. The molecule has 2 aromatic rings. The van der Waals surface area contributed by atoms with E-state index in [0.717, 1.165) is 11.2 Å². The van der Waals surface area contributed by atoms with Crippen molar-refractivity contribution in [3.05, 3.63) is 41.6 Å². The van der Waals surface area contributed by atoms with Crippen molar-refractivity contribution < 1.29 is 12.8 Å². The van der Waals surface area contributed by atoms with Crippen LogP contribution in [0.25, 0.3) is 0 Å². The van der Waals surface area contributed by atoms with Crippen LogP contribution < -0.4 is 0 Å². The zero-order chi connectivity index (χ0) is 14.8. The van der Waals surface area contributed by atoms with E-state index in [1.807, 2.05) is 6.07 Å². The molecule has 0 aliphatic rings. The molecule has 0 unspecified atom stereocenters. The summed E-state index contributed by atoms with van der Waals surface area (Å²) in [4.78, 5) is 4.91. The Bertz CT molecular complexity index is 773. The van der Waals surface area contributed by atoms with Gasteiger partial charge in [0.05, 0.1) is 5.75 Å². The number of thioether (sulfide) groups is 1. The molecule has 7 heteroatoms. The van der Waals surface area contributed by atoms with Gasteiger partial charge in [0.25, 0.3) is 0 Å². The Labute approximate surface area is 121 Å². The topological polar surface area (TPSA) is 84.0 Å². The van der Waals surface area contributed by atoms with Gasteiger partial charge in [-0.3, -0.25) is 0 Å². The number of nitrogens with zero attached hydrogens (tertiary/aromatic N) is 2. The van der Waals surface area contributed by atoms with Gasteiger partial charge in [0.1, 0.15) is 22.5 Å². The van der Waals surface area contributed by atoms with Crippen LogP contribution in [0.3, 0.4) is 0 Å². The highest BCUT2D eigenvalue weighted by Crippen LogP contribution is 2.28. The molecule has 0 radical (unpaired) electrons. The Morgan fingerprint density at radius 3 is 2.85 bits per heavy atom. The monoisotopic (exact) mass is 308 g/mol. The van der Waals surface area contributed by atoms with Crippen LogP contribution in [-0.2, 0) is 15.6 Å². The molecule has 0 saturated carbocycles. The summed E-state index contributed by atoms with van der Waals surface area (Å²) in [5.74, 6) is 1.38. The van der Waals surface area contributed by atoms with E-state index in [4.69, 9.17) is 9.68 Å². The Morgan fingerprint density at radius 1 is 1.50 bits per heavy atom. The second-order valence-electron chi connectivity index (χ2n) is 4.16. The number of hydrogen-bond donors (Lipinski definition) is 0. The van der Waals surface area contributed by atoms with E-state index in [1.54, 1.807) is 25.3 Å². The third-order valence-electron chi connectivity index (χ3n) is 2.57. The van der Waals surface area contributed by atoms with Crippen LogP contribution in [0, 0.1) is 18.3 Å². The van der Waals surface area contributed by atoms with Gasteiger partial charge >= 0.3 is 0 Å². The predicted octanol–water partition coefficient (Wildman–Crippen LogP) is 2.55. The van der Waals surface area contributed by atoms with E-state index in [1.165, 1.54) is 17.8 Å². The largest absolute Gasteiger partial charge is 0.464 e. The molecule has 20 heavy (non-hydrogen) atoms. The second-order valence-corrected chi connectivity index (χ2v) is 7.16. The van der Waals surface area contributed by atoms with Gasteiger partial charge in [-0.25, -0.2) is 13.4 Å². The summed E-state index contributed by atoms with van der Waals surface area (Å²) in [5, 5.41) is 8.94. The van der Waals surface area contributed by atoms with Crippen molar-refractivity contribution in [2.75, 3.05) is 6.26 Å². The van der Waals surface area contributed by atoms with Crippen molar-refractivity contribution in [3.63, 3.8) is 0 Å². The minimum atomic E-state index is -3.28. The first-order valence-electron chi connectivity index (χ1n) is 5.69. The fraction of sp³-hybridized carbons (Fsp3) is 0.231. The molecular formula is C13H12N2O3S2. The standard InChI is InChI=1S/C13H12N2O3S2/c1-9-13(20(2,16)17)6-10(18-9)8-19-12-4-3-5-15-11(12)7-14/h3-6H,8H2,1-2H3. The molecule has 2 aromatic heterocycles. The van der Waals surface area contributed by atoms with E-state index in [0.29, 0.717) is 23.0 Å².